The average Bonchev–Trinajstić information content (AvgIpc) is 3.17. The molecular formula is C13H15BrN8. The Balaban J connectivity index is 1.62. The number of aromatic nitrogens is 7. The fraction of sp³-hybridized carbons (Fsp3) is 0.462. The molecule has 0 N–H and O–H groups in total. The van der Waals surface area contributed by atoms with Crippen LogP contribution in [0.2, 0.25) is 0 Å². The molecule has 4 heterocycles. The Hall–Kier alpha value is -2.03. The number of halogens is 1. The lowest BCUT2D eigenvalue weighted by Gasteiger charge is -2.32. The fourth-order valence-electron chi connectivity index (χ4n) is 3.01. The van der Waals surface area contributed by atoms with E-state index in [2.05, 4.69) is 46.0 Å². The van der Waals surface area contributed by atoms with E-state index in [4.69, 9.17) is 0 Å². The lowest BCUT2D eigenvalue weighted by atomic mass is 10.1. The fourth-order valence-corrected chi connectivity index (χ4v) is 3.61. The zero-order valence-electron chi connectivity index (χ0n) is 12.1. The minimum Gasteiger partial charge on any atom is -0.356 e. The average molecular weight is 363 g/mol. The molecule has 1 aliphatic rings. The molecule has 8 nitrogen and oxygen atoms in total. The molecule has 0 saturated carbocycles. The smallest absolute Gasteiger partial charge is 0.164 e. The molecule has 3 aromatic rings. The number of rotatable bonds is 2. The van der Waals surface area contributed by atoms with Crippen LogP contribution in [0.15, 0.2) is 23.6 Å². The summed E-state index contributed by atoms with van der Waals surface area (Å²) in [6.07, 6.45) is 7.03. The van der Waals surface area contributed by atoms with Gasteiger partial charge in [-0.25, -0.2) is 24.3 Å². The van der Waals surface area contributed by atoms with Crippen LogP contribution in [0.5, 0.6) is 0 Å². The minimum atomic E-state index is 0.411. The Kier molecular flexibility index (Phi) is 3.29. The maximum Gasteiger partial charge on any atom is 0.164 e. The van der Waals surface area contributed by atoms with Gasteiger partial charge in [0.15, 0.2) is 5.65 Å². The maximum atomic E-state index is 4.49. The number of fused-ring (bicyclic) bond motifs is 1. The summed E-state index contributed by atoms with van der Waals surface area (Å²) in [5.74, 6) is 0.946. The summed E-state index contributed by atoms with van der Waals surface area (Å²) in [6.45, 7) is 1.86. The third kappa shape index (κ3) is 2.16. The summed E-state index contributed by atoms with van der Waals surface area (Å²) in [5, 5.41) is 9.60. The van der Waals surface area contributed by atoms with Gasteiger partial charge >= 0.3 is 0 Å². The van der Waals surface area contributed by atoms with Gasteiger partial charge in [-0.15, -0.1) is 0 Å². The topological polar surface area (TPSA) is 77.5 Å². The van der Waals surface area contributed by atoms with Gasteiger partial charge in [0.25, 0.3) is 0 Å². The van der Waals surface area contributed by atoms with Gasteiger partial charge in [0.05, 0.1) is 11.4 Å². The molecule has 1 fully saturated rings. The number of aryl methyl sites for hydroxylation is 1. The van der Waals surface area contributed by atoms with E-state index < -0.39 is 0 Å². The third-order valence-electron chi connectivity index (χ3n) is 4.13. The molecule has 0 amide bonds. The normalized spacial score (nSPS) is 16.5. The van der Waals surface area contributed by atoms with Crippen LogP contribution in [-0.2, 0) is 7.05 Å². The predicted octanol–water partition coefficient (Wildman–Crippen LogP) is 1.56. The van der Waals surface area contributed by atoms with Crippen LogP contribution in [0.25, 0.3) is 11.0 Å². The molecule has 3 aromatic heterocycles. The molecular weight excluding hydrogens is 348 g/mol. The van der Waals surface area contributed by atoms with E-state index >= 15 is 0 Å². The lowest BCUT2D eigenvalue weighted by molar-refractivity contribution is 0.365. The van der Waals surface area contributed by atoms with Crippen LogP contribution < -0.4 is 4.90 Å². The molecule has 114 valence electrons. The van der Waals surface area contributed by atoms with Crippen molar-refractivity contribution in [2.75, 3.05) is 18.0 Å². The summed E-state index contributed by atoms with van der Waals surface area (Å²) in [5.41, 5.74) is 0.843. The molecule has 0 spiro atoms. The highest BCUT2D eigenvalue weighted by molar-refractivity contribution is 9.10. The quantitative estimate of drug-likeness (QED) is 0.688. The summed E-state index contributed by atoms with van der Waals surface area (Å²) in [7, 11) is 1.89. The third-order valence-corrected chi connectivity index (χ3v) is 4.69. The van der Waals surface area contributed by atoms with Crippen LogP contribution in [0.4, 0.5) is 5.82 Å². The monoisotopic (exact) mass is 362 g/mol. The summed E-state index contributed by atoms with van der Waals surface area (Å²) >= 11 is 3.52. The van der Waals surface area contributed by atoms with Crippen molar-refractivity contribution in [2.45, 2.75) is 18.9 Å². The predicted molar refractivity (Wildman–Crippen MR) is 84.5 cm³/mol. The van der Waals surface area contributed by atoms with E-state index in [1.165, 1.54) is 0 Å². The van der Waals surface area contributed by atoms with Gasteiger partial charge in [0.2, 0.25) is 0 Å². The van der Waals surface area contributed by atoms with E-state index in [0.717, 1.165) is 47.4 Å². The minimum absolute atomic E-state index is 0.411. The van der Waals surface area contributed by atoms with E-state index in [1.54, 1.807) is 23.7 Å². The lowest BCUT2D eigenvalue weighted by Crippen LogP contribution is -2.35. The molecule has 0 bridgehead atoms. The van der Waals surface area contributed by atoms with Gasteiger partial charge < -0.3 is 4.90 Å². The summed E-state index contributed by atoms with van der Waals surface area (Å²) in [6, 6.07) is 0.411. The first kappa shape index (κ1) is 13.6. The van der Waals surface area contributed by atoms with Gasteiger partial charge in [-0.1, -0.05) is 0 Å². The first-order valence-corrected chi connectivity index (χ1v) is 7.95. The standard InChI is InChI=1S/C13H15BrN8/c1-20-12-10(11(14)19-20)13(17-7-16-12)21-4-2-9(3-5-21)22-8-15-6-18-22/h6-9H,2-5H2,1H3. The Morgan fingerprint density at radius 1 is 1.18 bits per heavy atom. The highest BCUT2D eigenvalue weighted by Gasteiger charge is 2.25. The highest BCUT2D eigenvalue weighted by atomic mass is 79.9. The van der Waals surface area contributed by atoms with Crippen molar-refractivity contribution in [1.29, 1.82) is 0 Å². The molecule has 1 saturated heterocycles. The maximum absolute atomic E-state index is 4.49. The van der Waals surface area contributed by atoms with Crippen LogP contribution in [0.1, 0.15) is 18.9 Å². The Labute approximate surface area is 135 Å². The zero-order valence-corrected chi connectivity index (χ0v) is 13.7. The first-order valence-electron chi connectivity index (χ1n) is 7.16. The van der Waals surface area contributed by atoms with Crippen molar-refractivity contribution in [1.82, 2.24) is 34.5 Å². The van der Waals surface area contributed by atoms with Crippen LogP contribution in [-0.4, -0.2) is 47.6 Å². The number of anilines is 1. The largest absolute Gasteiger partial charge is 0.356 e. The molecule has 0 aliphatic carbocycles. The van der Waals surface area contributed by atoms with Crippen molar-refractivity contribution in [3.8, 4) is 0 Å². The van der Waals surface area contributed by atoms with Crippen molar-refractivity contribution >= 4 is 32.8 Å². The number of hydrogen-bond donors (Lipinski definition) is 0. The number of hydrogen-bond acceptors (Lipinski definition) is 6. The summed E-state index contributed by atoms with van der Waals surface area (Å²) in [4.78, 5) is 15.1. The van der Waals surface area contributed by atoms with Crippen molar-refractivity contribution in [2.24, 2.45) is 7.05 Å². The van der Waals surface area contributed by atoms with Crippen LogP contribution >= 0.6 is 15.9 Å². The van der Waals surface area contributed by atoms with E-state index in [1.807, 2.05) is 11.7 Å². The van der Waals surface area contributed by atoms with E-state index in [-0.39, 0.29) is 0 Å². The molecule has 4 rings (SSSR count). The van der Waals surface area contributed by atoms with Gasteiger partial charge in [0, 0.05) is 20.1 Å². The molecule has 1 aliphatic heterocycles. The molecule has 22 heavy (non-hydrogen) atoms. The van der Waals surface area contributed by atoms with Gasteiger partial charge in [0.1, 0.15) is 29.4 Å². The van der Waals surface area contributed by atoms with Gasteiger partial charge in [-0.3, -0.25) is 0 Å². The second-order valence-corrected chi connectivity index (χ2v) is 6.16. The van der Waals surface area contributed by atoms with Crippen LogP contribution in [0, 0.1) is 0 Å². The summed E-state index contributed by atoms with van der Waals surface area (Å²) < 4.78 is 4.51. The second-order valence-electron chi connectivity index (χ2n) is 5.40. The zero-order chi connectivity index (χ0) is 15.1. The Bertz CT molecular complexity index is 788. The van der Waals surface area contributed by atoms with E-state index in [0.29, 0.717) is 6.04 Å². The van der Waals surface area contributed by atoms with E-state index in [9.17, 15) is 0 Å². The van der Waals surface area contributed by atoms with Gasteiger partial charge in [-0.05, 0) is 28.8 Å². The van der Waals surface area contributed by atoms with Gasteiger partial charge in [-0.2, -0.15) is 10.2 Å². The molecule has 9 heteroatoms. The Morgan fingerprint density at radius 2 is 2.00 bits per heavy atom. The van der Waals surface area contributed by atoms with Crippen molar-refractivity contribution in [3.05, 3.63) is 23.6 Å². The van der Waals surface area contributed by atoms with Crippen molar-refractivity contribution in [3.63, 3.8) is 0 Å². The molecule has 0 aromatic carbocycles. The number of piperidine rings is 1. The number of nitrogens with zero attached hydrogens (tertiary/aromatic N) is 8. The SMILES string of the molecule is Cn1nc(Br)c2c(N3CCC(n4cncn4)CC3)ncnc21. The van der Waals surface area contributed by atoms with Crippen molar-refractivity contribution < 1.29 is 0 Å². The molecule has 0 unspecified atom stereocenters. The highest BCUT2D eigenvalue weighted by Crippen LogP contribution is 2.32. The second kappa shape index (κ2) is 5.31. The Morgan fingerprint density at radius 3 is 2.73 bits per heavy atom. The van der Waals surface area contributed by atoms with Crippen LogP contribution in [0.3, 0.4) is 0 Å². The molecule has 0 atom stereocenters. The first-order chi connectivity index (χ1) is 10.7. The molecule has 0 radical (unpaired) electrons.